The Hall–Kier alpha value is -1.55. The van der Waals surface area contributed by atoms with Crippen LogP contribution in [0.5, 0.6) is 0 Å². The quantitative estimate of drug-likeness (QED) is 0.869. The van der Waals surface area contributed by atoms with Crippen molar-refractivity contribution in [2.75, 3.05) is 0 Å². The number of carbonyl (C=O) groups excluding carboxylic acids is 1. The fourth-order valence-electron chi connectivity index (χ4n) is 5.07. The fourth-order valence-corrected chi connectivity index (χ4v) is 5.19. The molecule has 122 valence electrons. The molecule has 4 rings (SSSR count). The van der Waals surface area contributed by atoms with E-state index in [9.17, 15) is 9.59 Å². The zero-order chi connectivity index (χ0) is 16.1. The maximum Gasteiger partial charge on any atom is 0.305 e. The highest BCUT2D eigenvalue weighted by Crippen LogP contribution is 2.69. The van der Waals surface area contributed by atoms with Gasteiger partial charge in [-0.3, -0.25) is 9.59 Å². The van der Waals surface area contributed by atoms with Crippen molar-refractivity contribution in [1.82, 2.24) is 5.32 Å². The molecule has 1 aromatic carbocycles. The van der Waals surface area contributed by atoms with E-state index in [4.69, 9.17) is 16.7 Å². The third-order valence-electron chi connectivity index (χ3n) is 6.01. The van der Waals surface area contributed by atoms with Crippen LogP contribution in [0.4, 0.5) is 0 Å². The molecule has 3 fully saturated rings. The van der Waals surface area contributed by atoms with Gasteiger partial charge in [-0.15, -0.1) is 0 Å². The minimum absolute atomic E-state index is 0.0396. The molecule has 0 aliphatic heterocycles. The first-order valence-electron chi connectivity index (χ1n) is 8.32. The first-order valence-corrected chi connectivity index (χ1v) is 8.70. The van der Waals surface area contributed by atoms with Gasteiger partial charge in [0, 0.05) is 10.9 Å². The number of hydrogen-bond donors (Lipinski definition) is 2. The average molecular weight is 334 g/mol. The number of carboxylic acids is 1. The van der Waals surface area contributed by atoms with Crippen molar-refractivity contribution in [2.24, 2.45) is 29.6 Å². The van der Waals surface area contributed by atoms with Crippen molar-refractivity contribution in [1.29, 1.82) is 0 Å². The molecule has 5 atom stereocenters. The number of carbonyl (C=O) groups is 2. The second kappa shape index (κ2) is 5.52. The molecular formula is C18H20ClNO3. The number of benzene rings is 1. The zero-order valence-electron chi connectivity index (χ0n) is 12.7. The van der Waals surface area contributed by atoms with Crippen LogP contribution in [0.1, 0.15) is 37.3 Å². The van der Waals surface area contributed by atoms with E-state index in [1.54, 1.807) is 24.3 Å². The van der Waals surface area contributed by atoms with E-state index in [0.717, 1.165) is 17.4 Å². The van der Waals surface area contributed by atoms with E-state index in [1.165, 1.54) is 19.3 Å². The van der Waals surface area contributed by atoms with Gasteiger partial charge in [-0.05, 0) is 60.6 Å². The topological polar surface area (TPSA) is 66.4 Å². The monoisotopic (exact) mass is 333 g/mol. The van der Waals surface area contributed by atoms with Crippen molar-refractivity contribution in [2.45, 2.75) is 31.7 Å². The maximum atomic E-state index is 12.6. The van der Waals surface area contributed by atoms with Gasteiger partial charge >= 0.3 is 5.97 Å². The lowest BCUT2D eigenvalue weighted by Gasteiger charge is -2.19. The highest BCUT2D eigenvalue weighted by Gasteiger charge is 2.67. The Morgan fingerprint density at radius 2 is 1.78 bits per heavy atom. The summed E-state index contributed by atoms with van der Waals surface area (Å²) in [6.45, 7) is 0. The lowest BCUT2D eigenvalue weighted by atomic mass is 10.00. The molecule has 4 unspecified atom stereocenters. The Bertz CT molecular complexity index is 628. The smallest absolute Gasteiger partial charge is 0.305 e. The largest absolute Gasteiger partial charge is 0.481 e. The molecule has 5 heteroatoms. The van der Waals surface area contributed by atoms with Crippen molar-refractivity contribution in [3.63, 3.8) is 0 Å². The average Bonchev–Trinajstić information content (AvgIpc) is 2.95. The summed E-state index contributed by atoms with van der Waals surface area (Å²) in [5.41, 5.74) is 0.791. The summed E-state index contributed by atoms with van der Waals surface area (Å²) in [7, 11) is 0. The molecule has 0 saturated heterocycles. The normalized spacial score (nSPS) is 34.7. The van der Waals surface area contributed by atoms with Gasteiger partial charge in [-0.1, -0.05) is 23.7 Å². The number of rotatable bonds is 5. The predicted octanol–water partition coefficient (Wildman–Crippen LogP) is 3.26. The number of fused-ring (bicyclic) bond motifs is 5. The van der Waals surface area contributed by atoms with Crippen LogP contribution in [0.2, 0.25) is 5.02 Å². The highest BCUT2D eigenvalue weighted by atomic mass is 35.5. The lowest BCUT2D eigenvalue weighted by Crippen LogP contribution is -2.33. The predicted molar refractivity (Wildman–Crippen MR) is 85.9 cm³/mol. The van der Waals surface area contributed by atoms with Crippen molar-refractivity contribution in [3.05, 3.63) is 34.9 Å². The van der Waals surface area contributed by atoms with Crippen LogP contribution >= 0.6 is 11.6 Å². The number of carboxylic acid groups (broad SMARTS) is 1. The maximum absolute atomic E-state index is 12.6. The van der Waals surface area contributed by atoms with Crippen LogP contribution < -0.4 is 5.32 Å². The summed E-state index contributed by atoms with van der Waals surface area (Å²) < 4.78 is 0. The molecule has 0 aromatic heterocycles. The summed E-state index contributed by atoms with van der Waals surface area (Å²) in [4.78, 5) is 23.8. The van der Waals surface area contributed by atoms with Gasteiger partial charge in [0.25, 0.3) is 0 Å². The Labute approximate surface area is 140 Å². The van der Waals surface area contributed by atoms with Crippen molar-refractivity contribution in [3.8, 4) is 0 Å². The van der Waals surface area contributed by atoms with E-state index < -0.39 is 12.0 Å². The molecule has 1 aromatic rings. The second-order valence-corrected chi connectivity index (χ2v) is 7.66. The molecule has 0 heterocycles. The van der Waals surface area contributed by atoms with Crippen LogP contribution in [0.3, 0.4) is 0 Å². The number of amides is 1. The molecule has 1 amide bonds. The van der Waals surface area contributed by atoms with Crippen LogP contribution in [0, 0.1) is 29.6 Å². The molecule has 23 heavy (non-hydrogen) atoms. The molecular weight excluding hydrogens is 314 g/mol. The van der Waals surface area contributed by atoms with E-state index in [-0.39, 0.29) is 18.2 Å². The standard InChI is InChI=1S/C18H20ClNO3/c19-12-5-3-9(4-6-12)13(8-14(21)22)20-18(23)17-15-10-1-2-11(7-10)16(15)17/h3-6,10-11,13,15-17H,1-2,7-8H2,(H,20,23)(H,21,22)/t10?,11?,13-,15?,16?,17?/m0/s1. The van der Waals surface area contributed by atoms with E-state index in [1.807, 2.05) is 0 Å². The van der Waals surface area contributed by atoms with Crippen LogP contribution in [0.25, 0.3) is 0 Å². The summed E-state index contributed by atoms with van der Waals surface area (Å²) in [6, 6.07) is 6.53. The molecule has 0 spiro atoms. The molecule has 3 aliphatic carbocycles. The summed E-state index contributed by atoms with van der Waals surface area (Å²) in [5, 5.41) is 12.7. The minimum Gasteiger partial charge on any atom is -0.481 e. The lowest BCUT2D eigenvalue weighted by molar-refractivity contribution is -0.137. The number of hydrogen-bond acceptors (Lipinski definition) is 2. The summed E-state index contributed by atoms with van der Waals surface area (Å²) in [5.74, 6) is 1.82. The summed E-state index contributed by atoms with van der Waals surface area (Å²) in [6.07, 6.45) is 3.73. The minimum atomic E-state index is -0.915. The van der Waals surface area contributed by atoms with Crippen molar-refractivity contribution < 1.29 is 14.7 Å². The highest BCUT2D eigenvalue weighted by molar-refractivity contribution is 6.30. The Morgan fingerprint density at radius 1 is 1.17 bits per heavy atom. The SMILES string of the molecule is O=C(O)C[C@H](NC(=O)C1C2C3CCC(C3)C12)c1ccc(Cl)cc1. The van der Waals surface area contributed by atoms with E-state index >= 15 is 0 Å². The molecule has 3 aliphatic rings. The fraction of sp³-hybridized carbons (Fsp3) is 0.556. The third kappa shape index (κ3) is 2.63. The summed E-state index contributed by atoms with van der Waals surface area (Å²) >= 11 is 5.89. The number of halogens is 1. The Kier molecular flexibility index (Phi) is 3.60. The van der Waals surface area contributed by atoms with Gasteiger partial charge < -0.3 is 10.4 Å². The van der Waals surface area contributed by atoms with E-state index in [2.05, 4.69) is 5.32 Å². The Balaban J connectivity index is 1.46. The van der Waals surface area contributed by atoms with Crippen LogP contribution in [-0.4, -0.2) is 17.0 Å². The number of aliphatic carboxylic acids is 1. The van der Waals surface area contributed by atoms with E-state index in [0.29, 0.717) is 16.9 Å². The van der Waals surface area contributed by atoms with Gasteiger partial charge in [-0.2, -0.15) is 0 Å². The van der Waals surface area contributed by atoms with Gasteiger partial charge in [0.05, 0.1) is 12.5 Å². The second-order valence-electron chi connectivity index (χ2n) is 7.22. The Morgan fingerprint density at radius 3 is 2.35 bits per heavy atom. The third-order valence-corrected chi connectivity index (χ3v) is 6.26. The van der Waals surface area contributed by atoms with Crippen LogP contribution in [0.15, 0.2) is 24.3 Å². The van der Waals surface area contributed by atoms with Crippen molar-refractivity contribution >= 4 is 23.5 Å². The van der Waals surface area contributed by atoms with Gasteiger partial charge in [0.1, 0.15) is 0 Å². The van der Waals surface area contributed by atoms with Crippen LogP contribution in [-0.2, 0) is 9.59 Å². The first kappa shape index (κ1) is 15.0. The van der Waals surface area contributed by atoms with Gasteiger partial charge in [-0.25, -0.2) is 0 Å². The molecule has 4 nitrogen and oxygen atoms in total. The van der Waals surface area contributed by atoms with Gasteiger partial charge in [0.2, 0.25) is 5.91 Å². The molecule has 2 N–H and O–H groups in total. The molecule has 2 bridgehead atoms. The number of nitrogens with one attached hydrogen (secondary N) is 1. The zero-order valence-corrected chi connectivity index (χ0v) is 13.5. The molecule has 3 saturated carbocycles. The van der Waals surface area contributed by atoms with Gasteiger partial charge in [0.15, 0.2) is 0 Å². The first-order chi connectivity index (χ1) is 11.0. The molecule has 0 radical (unpaired) electrons.